The second-order valence-corrected chi connectivity index (χ2v) is 6.15. The number of hydrogen-bond donors (Lipinski definition) is 2. The van der Waals surface area contributed by atoms with Gasteiger partial charge in [-0.3, -0.25) is 9.82 Å². The maximum atomic E-state index is 12.3. The van der Waals surface area contributed by atoms with Gasteiger partial charge in [0.05, 0.1) is 10.6 Å². The van der Waals surface area contributed by atoms with Crippen molar-refractivity contribution in [2.75, 3.05) is 4.72 Å². The third-order valence-corrected chi connectivity index (χ3v) is 4.38. The molecule has 1 aromatic heterocycles. The summed E-state index contributed by atoms with van der Waals surface area (Å²) in [6, 6.07) is 17.2. The largest absolute Gasteiger partial charge is 0.280 e. The Labute approximate surface area is 122 Å². The van der Waals surface area contributed by atoms with Crippen molar-refractivity contribution in [3.63, 3.8) is 0 Å². The second kappa shape index (κ2) is 5.41. The number of nitrogens with zero attached hydrogens (tertiary/aromatic N) is 1. The van der Waals surface area contributed by atoms with Gasteiger partial charge in [-0.2, -0.15) is 5.10 Å². The highest BCUT2D eigenvalue weighted by molar-refractivity contribution is 7.92. The van der Waals surface area contributed by atoms with E-state index in [0.29, 0.717) is 5.69 Å². The van der Waals surface area contributed by atoms with Crippen molar-refractivity contribution in [2.45, 2.75) is 4.90 Å². The first kappa shape index (κ1) is 13.4. The van der Waals surface area contributed by atoms with Crippen molar-refractivity contribution in [1.82, 2.24) is 10.2 Å². The van der Waals surface area contributed by atoms with E-state index in [1.807, 2.05) is 12.1 Å². The Morgan fingerprint density at radius 2 is 1.76 bits per heavy atom. The molecule has 3 rings (SSSR count). The van der Waals surface area contributed by atoms with E-state index in [9.17, 15) is 8.42 Å². The molecular formula is C15H13N3O2S. The van der Waals surface area contributed by atoms with Gasteiger partial charge in [0.2, 0.25) is 0 Å². The normalized spacial score (nSPS) is 11.2. The summed E-state index contributed by atoms with van der Waals surface area (Å²) >= 11 is 0. The van der Waals surface area contributed by atoms with Gasteiger partial charge in [-0.15, -0.1) is 0 Å². The highest BCUT2D eigenvalue weighted by atomic mass is 32.2. The predicted molar refractivity (Wildman–Crippen MR) is 81.3 cm³/mol. The molecule has 0 saturated carbocycles. The lowest BCUT2D eigenvalue weighted by Gasteiger charge is -2.09. The molecule has 5 nitrogen and oxygen atoms in total. The molecule has 3 aromatic rings. The summed E-state index contributed by atoms with van der Waals surface area (Å²) < 4.78 is 27.1. The van der Waals surface area contributed by atoms with Gasteiger partial charge in [0.1, 0.15) is 0 Å². The summed E-state index contributed by atoms with van der Waals surface area (Å²) in [5, 5.41) is 6.73. The standard InChI is InChI=1S/C15H13N3O2S/c19-21(20,14-7-2-1-3-8-14)18-13-6-4-5-12(11-13)15-9-10-16-17-15/h1-11,18H,(H,16,17). The SMILES string of the molecule is O=S(=O)(Nc1cccc(-c2ccn[nH]2)c1)c1ccccc1. The second-order valence-electron chi connectivity index (χ2n) is 4.47. The molecule has 0 aliphatic rings. The van der Waals surface area contributed by atoms with Gasteiger partial charge < -0.3 is 0 Å². The first-order chi connectivity index (χ1) is 10.1. The van der Waals surface area contributed by atoms with Crippen LogP contribution < -0.4 is 4.72 Å². The molecule has 0 bridgehead atoms. The number of benzene rings is 2. The summed E-state index contributed by atoms with van der Waals surface area (Å²) in [7, 11) is -3.57. The third-order valence-electron chi connectivity index (χ3n) is 2.98. The Kier molecular flexibility index (Phi) is 3.45. The fraction of sp³-hybridized carbons (Fsp3) is 0. The molecule has 2 aromatic carbocycles. The molecule has 2 N–H and O–H groups in total. The van der Waals surface area contributed by atoms with Crippen LogP contribution >= 0.6 is 0 Å². The Balaban J connectivity index is 1.91. The third kappa shape index (κ3) is 2.95. The van der Waals surface area contributed by atoms with Crippen LogP contribution in [0.2, 0.25) is 0 Å². The van der Waals surface area contributed by atoms with Crippen molar-refractivity contribution < 1.29 is 8.42 Å². The molecule has 0 unspecified atom stereocenters. The first-order valence-electron chi connectivity index (χ1n) is 6.33. The van der Waals surface area contributed by atoms with Gasteiger partial charge in [0.15, 0.2) is 0 Å². The smallest absolute Gasteiger partial charge is 0.261 e. The van der Waals surface area contributed by atoms with Gasteiger partial charge >= 0.3 is 0 Å². The van der Waals surface area contributed by atoms with Gasteiger partial charge in [0, 0.05) is 17.4 Å². The van der Waals surface area contributed by atoms with Crippen LogP contribution in [0.25, 0.3) is 11.3 Å². The van der Waals surface area contributed by atoms with E-state index >= 15 is 0 Å². The van der Waals surface area contributed by atoms with Crippen LogP contribution in [0.3, 0.4) is 0 Å². The zero-order valence-electron chi connectivity index (χ0n) is 11.0. The lowest BCUT2D eigenvalue weighted by atomic mass is 10.1. The summed E-state index contributed by atoms with van der Waals surface area (Å²) in [6.45, 7) is 0. The highest BCUT2D eigenvalue weighted by Gasteiger charge is 2.13. The van der Waals surface area contributed by atoms with E-state index in [1.54, 1.807) is 54.7 Å². The lowest BCUT2D eigenvalue weighted by molar-refractivity contribution is 0.601. The van der Waals surface area contributed by atoms with E-state index in [4.69, 9.17) is 0 Å². The number of aromatic amines is 1. The number of hydrogen-bond acceptors (Lipinski definition) is 3. The van der Waals surface area contributed by atoms with Crippen LogP contribution in [0.4, 0.5) is 5.69 Å². The molecule has 0 aliphatic heterocycles. The Morgan fingerprint density at radius 3 is 2.48 bits per heavy atom. The lowest BCUT2D eigenvalue weighted by Crippen LogP contribution is -2.12. The summed E-state index contributed by atoms with van der Waals surface area (Å²) in [4.78, 5) is 0.233. The van der Waals surface area contributed by atoms with Crippen LogP contribution in [0.1, 0.15) is 0 Å². The predicted octanol–water partition coefficient (Wildman–Crippen LogP) is 2.88. The van der Waals surface area contributed by atoms with Crippen molar-refractivity contribution in [2.24, 2.45) is 0 Å². The number of rotatable bonds is 4. The molecule has 21 heavy (non-hydrogen) atoms. The average molecular weight is 299 g/mol. The molecule has 1 heterocycles. The van der Waals surface area contributed by atoms with Gasteiger partial charge in [-0.05, 0) is 30.3 Å². The minimum Gasteiger partial charge on any atom is -0.280 e. The topological polar surface area (TPSA) is 74.8 Å². The molecule has 0 aliphatic carbocycles. The summed E-state index contributed by atoms with van der Waals surface area (Å²) in [6.07, 6.45) is 1.65. The van der Waals surface area contributed by atoms with Gasteiger partial charge in [-0.1, -0.05) is 30.3 Å². The number of H-pyrrole nitrogens is 1. The molecule has 0 radical (unpaired) electrons. The van der Waals surface area contributed by atoms with Crippen LogP contribution in [-0.4, -0.2) is 18.6 Å². The molecular weight excluding hydrogens is 286 g/mol. The van der Waals surface area contributed by atoms with E-state index in [2.05, 4.69) is 14.9 Å². The molecule has 0 spiro atoms. The fourth-order valence-electron chi connectivity index (χ4n) is 1.98. The molecule has 0 saturated heterocycles. The summed E-state index contributed by atoms with van der Waals surface area (Å²) in [5.41, 5.74) is 2.20. The van der Waals surface area contributed by atoms with E-state index in [1.165, 1.54) is 0 Å². The highest BCUT2D eigenvalue weighted by Crippen LogP contribution is 2.22. The van der Waals surface area contributed by atoms with Crippen molar-refractivity contribution in [3.8, 4) is 11.3 Å². The number of sulfonamides is 1. The van der Waals surface area contributed by atoms with Crippen LogP contribution in [-0.2, 0) is 10.0 Å². The van der Waals surface area contributed by atoms with Crippen molar-refractivity contribution in [1.29, 1.82) is 0 Å². The number of anilines is 1. The Hall–Kier alpha value is -2.60. The number of nitrogens with one attached hydrogen (secondary N) is 2. The van der Waals surface area contributed by atoms with E-state index < -0.39 is 10.0 Å². The monoisotopic (exact) mass is 299 g/mol. The van der Waals surface area contributed by atoms with Crippen molar-refractivity contribution in [3.05, 3.63) is 66.9 Å². The molecule has 6 heteroatoms. The van der Waals surface area contributed by atoms with Gasteiger partial charge in [0.25, 0.3) is 10.0 Å². The van der Waals surface area contributed by atoms with E-state index in [0.717, 1.165) is 11.3 Å². The Morgan fingerprint density at radius 1 is 0.952 bits per heavy atom. The number of aromatic nitrogens is 2. The minimum atomic E-state index is -3.57. The fourth-order valence-corrected chi connectivity index (χ4v) is 3.05. The maximum absolute atomic E-state index is 12.3. The average Bonchev–Trinajstić information content (AvgIpc) is 3.02. The Bertz CT molecular complexity index is 828. The van der Waals surface area contributed by atoms with Crippen LogP contribution in [0, 0.1) is 0 Å². The van der Waals surface area contributed by atoms with E-state index in [-0.39, 0.29) is 4.90 Å². The van der Waals surface area contributed by atoms with Crippen molar-refractivity contribution >= 4 is 15.7 Å². The van der Waals surface area contributed by atoms with Crippen LogP contribution in [0.5, 0.6) is 0 Å². The zero-order valence-corrected chi connectivity index (χ0v) is 11.8. The molecule has 106 valence electrons. The van der Waals surface area contributed by atoms with Crippen LogP contribution in [0.15, 0.2) is 71.8 Å². The molecule has 0 amide bonds. The molecule has 0 atom stereocenters. The quantitative estimate of drug-likeness (QED) is 0.778. The van der Waals surface area contributed by atoms with Gasteiger partial charge in [-0.25, -0.2) is 8.42 Å². The maximum Gasteiger partial charge on any atom is 0.261 e. The zero-order chi connectivity index (χ0) is 14.7. The minimum absolute atomic E-state index is 0.233. The first-order valence-corrected chi connectivity index (χ1v) is 7.81. The summed E-state index contributed by atoms with van der Waals surface area (Å²) in [5.74, 6) is 0. The molecule has 0 fully saturated rings.